The minimum absolute atomic E-state index is 0.0688. The Balaban J connectivity index is 1.38. The molecule has 180 valence electrons. The molecule has 2 heterocycles. The number of rotatable bonds is 4. The van der Waals surface area contributed by atoms with Crippen molar-refractivity contribution in [3.8, 4) is 5.75 Å². The first-order chi connectivity index (χ1) is 16.8. The van der Waals surface area contributed by atoms with Gasteiger partial charge in [0.05, 0.1) is 19.4 Å². The fraction of sp³-hybridized carbons (Fsp3) is 0.321. The third-order valence-corrected chi connectivity index (χ3v) is 6.71. The zero-order valence-corrected chi connectivity index (χ0v) is 19.6. The van der Waals surface area contributed by atoms with Crippen LogP contribution in [0.15, 0.2) is 71.8 Å². The molecule has 0 spiro atoms. The van der Waals surface area contributed by atoms with E-state index >= 15 is 0 Å². The zero-order valence-electron chi connectivity index (χ0n) is 19.6. The van der Waals surface area contributed by atoms with E-state index in [2.05, 4.69) is 6.58 Å². The summed E-state index contributed by atoms with van der Waals surface area (Å²) < 4.78 is 22.1. The molecule has 4 atom stereocenters. The van der Waals surface area contributed by atoms with Gasteiger partial charge in [-0.3, -0.25) is 4.79 Å². The van der Waals surface area contributed by atoms with Gasteiger partial charge >= 0.3 is 17.9 Å². The fourth-order valence-electron chi connectivity index (χ4n) is 4.98. The van der Waals surface area contributed by atoms with Crippen LogP contribution in [0, 0.1) is 5.92 Å². The van der Waals surface area contributed by atoms with Gasteiger partial charge in [-0.05, 0) is 47.5 Å². The second-order valence-corrected chi connectivity index (χ2v) is 9.23. The van der Waals surface area contributed by atoms with Crippen LogP contribution in [0.25, 0.3) is 10.8 Å². The normalized spacial score (nSPS) is 27.3. The summed E-state index contributed by atoms with van der Waals surface area (Å²) in [7, 11) is 1.62. The Bertz CT molecular complexity index is 1300. The maximum Gasteiger partial charge on any atom is 0.334 e. The first-order valence-electron chi connectivity index (χ1n) is 11.6. The van der Waals surface area contributed by atoms with Crippen molar-refractivity contribution in [3.05, 3.63) is 77.4 Å². The van der Waals surface area contributed by atoms with E-state index < -0.39 is 36.0 Å². The average molecular weight is 475 g/mol. The Morgan fingerprint density at radius 3 is 2.60 bits per heavy atom. The second kappa shape index (κ2) is 9.06. The number of esters is 3. The average Bonchev–Trinajstić information content (AvgIpc) is 3.29. The van der Waals surface area contributed by atoms with Gasteiger partial charge in [-0.2, -0.15) is 0 Å². The lowest BCUT2D eigenvalue weighted by atomic mass is 9.85. The quantitative estimate of drug-likeness (QED) is 0.287. The molecule has 0 N–H and O–H groups in total. The molecule has 2 aromatic carbocycles. The van der Waals surface area contributed by atoms with Crippen molar-refractivity contribution in [1.29, 1.82) is 0 Å². The number of carbonyl (C=O) groups is 3. The Kier molecular flexibility index (Phi) is 5.93. The second-order valence-electron chi connectivity index (χ2n) is 9.23. The van der Waals surface area contributed by atoms with E-state index in [4.69, 9.17) is 18.9 Å². The van der Waals surface area contributed by atoms with Crippen LogP contribution in [-0.2, 0) is 35.0 Å². The summed E-state index contributed by atoms with van der Waals surface area (Å²) in [6.07, 6.45) is 2.56. The lowest BCUT2D eigenvalue weighted by Crippen LogP contribution is -2.33. The molecule has 2 unspecified atom stereocenters. The van der Waals surface area contributed by atoms with Gasteiger partial charge in [-0.25, -0.2) is 9.59 Å². The molecule has 1 fully saturated rings. The summed E-state index contributed by atoms with van der Waals surface area (Å²) in [6.45, 7) is 5.78. The molecule has 2 bridgehead atoms. The van der Waals surface area contributed by atoms with E-state index in [1.165, 1.54) is 0 Å². The van der Waals surface area contributed by atoms with Gasteiger partial charge < -0.3 is 18.9 Å². The highest BCUT2D eigenvalue weighted by atomic mass is 16.6. The van der Waals surface area contributed by atoms with Crippen molar-refractivity contribution in [3.63, 3.8) is 0 Å². The molecule has 2 aliphatic heterocycles. The van der Waals surface area contributed by atoms with Crippen LogP contribution in [0.5, 0.6) is 5.75 Å². The largest absolute Gasteiger partial charge is 0.497 e. The van der Waals surface area contributed by atoms with Crippen LogP contribution in [0.4, 0.5) is 0 Å². The molecule has 7 nitrogen and oxygen atoms in total. The zero-order chi connectivity index (χ0) is 24.7. The van der Waals surface area contributed by atoms with Crippen molar-refractivity contribution >= 4 is 28.7 Å². The number of hydrogen-bond donors (Lipinski definition) is 0. The molecule has 0 radical (unpaired) electrons. The van der Waals surface area contributed by atoms with Crippen LogP contribution in [0.3, 0.4) is 0 Å². The monoisotopic (exact) mass is 474 g/mol. The van der Waals surface area contributed by atoms with Gasteiger partial charge in [-0.1, -0.05) is 36.4 Å². The van der Waals surface area contributed by atoms with Crippen molar-refractivity contribution in [2.75, 3.05) is 7.11 Å². The van der Waals surface area contributed by atoms with Gasteiger partial charge in [0.15, 0.2) is 0 Å². The highest BCUT2D eigenvalue weighted by Gasteiger charge is 2.46. The number of carbonyl (C=O) groups excluding carboxylic acids is 3. The molecule has 7 heteroatoms. The van der Waals surface area contributed by atoms with Crippen molar-refractivity contribution in [2.24, 2.45) is 5.92 Å². The smallest absolute Gasteiger partial charge is 0.334 e. The van der Waals surface area contributed by atoms with Gasteiger partial charge in [0.1, 0.15) is 24.1 Å². The van der Waals surface area contributed by atoms with Gasteiger partial charge in [-0.15, -0.1) is 0 Å². The molecule has 0 aromatic heterocycles. The highest BCUT2D eigenvalue weighted by molar-refractivity contribution is 5.93. The highest BCUT2D eigenvalue weighted by Crippen LogP contribution is 2.38. The summed E-state index contributed by atoms with van der Waals surface area (Å²) in [6, 6.07) is 11.5. The Labute approximate surface area is 203 Å². The van der Waals surface area contributed by atoms with Crippen molar-refractivity contribution < 1.29 is 33.3 Å². The van der Waals surface area contributed by atoms with Crippen LogP contribution < -0.4 is 4.74 Å². The maximum atomic E-state index is 13.0. The SMILES string of the molecule is C=C1C(=O)OC2CC3=C[C@@H](C/C(C)=C/C(OC(=O)Cc4ccc5cc(OC)ccc5c4)[C@H]12)OC3=O. The molecule has 2 aromatic rings. The van der Waals surface area contributed by atoms with Crippen LogP contribution in [0.2, 0.25) is 0 Å². The van der Waals surface area contributed by atoms with E-state index in [1.807, 2.05) is 49.4 Å². The van der Waals surface area contributed by atoms with Crippen LogP contribution in [-0.4, -0.2) is 43.3 Å². The summed E-state index contributed by atoms with van der Waals surface area (Å²) in [4.78, 5) is 37.7. The lowest BCUT2D eigenvalue weighted by molar-refractivity contribution is -0.149. The summed E-state index contributed by atoms with van der Waals surface area (Å²) in [5, 5.41) is 2.00. The van der Waals surface area contributed by atoms with Crippen LogP contribution >= 0.6 is 0 Å². The first-order valence-corrected chi connectivity index (χ1v) is 11.6. The molecule has 1 saturated heterocycles. The van der Waals surface area contributed by atoms with E-state index in [0.29, 0.717) is 12.0 Å². The third-order valence-electron chi connectivity index (χ3n) is 6.71. The van der Waals surface area contributed by atoms with Crippen molar-refractivity contribution in [2.45, 2.75) is 44.5 Å². The summed E-state index contributed by atoms with van der Waals surface area (Å²) >= 11 is 0. The minimum atomic E-state index is -0.746. The molecule has 35 heavy (non-hydrogen) atoms. The van der Waals surface area contributed by atoms with E-state index in [0.717, 1.165) is 27.7 Å². The predicted octanol–water partition coefficient (Wildman–Crippen LogP) is 3.99. The lowest BCUT2D eigenvalue weighted by Gasteiger charge is -2.26. The summed E-state index contributed by atoms with van der Waals surface area (Å²) in [5.41, 5.74) is 2.40. The van der Waals surface area contributed by atoms with Crippen molar-refractivity contribution in [1.82, 2.24) is 0 Å². The molecule has 5 rings (SSSR count). The predicted molar refractivity (Wildman–Crippen MR) is 128 cm³/mol. The topological polar surface area (TPSA) is 88.1 Å². The number of methoxy groups -OCH3 is 1. The van der Waals surface area contributed by atoms with E-state index in [9.17, 15) is 14.4 Å². The van der Waals surface area contributed by atoms with Gasteiger partial charge in [0, 0.05) is 24.0 Å². The molecular formula is C28H26O7. The number of hydrogen-bond acceptors (Lipinski definition) is 7. The first kappa shape index (κ1) is 22.9. The van der Waals surface area contributed by atoms with Crippen LogP contribution in [0.1, 0.15) is 25.3 Å². The fourth-order valence-corrected chi connectivity index (χ4v) is 4.98. The number of ether oxygens (including phenoxy) is 4. The molecule has 0 saturated carbocycles. The molecular weight excluding hydrogens is 448 g/mol. The van der Waals surface area contributed by atoms with Gasteiger partial charge in [0.2, 0.25) is 0 Å². The number of benzene rings is 2. The minimum Gasteiger partial charge on any atom is -0.497 e. The van der Waals surface area contributed by atoms with Gasteiger partial charge in [0.25, 0.3) is 0 Å². The molecule has 3 aliphatic rings. The Hall–Kier alpha value is -3.87. The molecule has 1 aliphatic carbocycles. The summed E-state index contributed by atoms with van der Waals surface area (Å²) in [5.74, 6) is -1.19. The van der Waals surface area contributed by atoms with E-state index in [-0.39, 0.29) is 24.5 Å². The maximum absolute atomic E-state index is 13.0. The Morgan fingerprint density at radius 2 is 1.80 bits per heavy atom. The Morgan fingerprint density at radius 1 is 1.03 bits per heavy atom. The number of fused-ring (bicyclic) bond motifs is 3. The standard InChI is InChI=1S/C28H26O7/c1-15-8-22-13-20(28(31)33-22)14-24-26(16(2)27(30)35-24)23(9-15)34-25(29)11-17-4-5-19-12-21(32-3)7-6-18(19)10-17/h4-7,9-10,12-13,22-24,26H,2,8,11,14H2,1,3H3/b15-9+/t22-,23?,24?,26+/m1/s1. The third kappa shape index (κ3) is 4.58. The van der Waals surface area contributed by atoms with E-state index in [1.54, 1.807) is 13.2 Å². The molecule has 0 amide bonds.